The number of hydrogen-bond donors (Lipinski definition) is 0. The van der Waals surface area contributed by atoms with E-state index in [-0.39, 0.29) is 0 Å². The molecule has 19 heavy (non-hydrogen) atoms. The highest BCUT2D eigenvalue weighted by Crippen LogP contribution is 2.07. The van der Waals surface area contributed by atoms with Crippen LogP contribution in [-0.4, -0.2) is 0 Å². The fraction of sp³-hybridized carbons (Fsp3) is 0.316. The van der Waals surface area contributed by atoms with Crippen molar-refractivity contribution in [3.63, 3.8) is 0 Å². The molecular weight excluding hydrogens is 228 g/mol. The summed E-state index contributed by atoms with van der Waals surface area (Å²) in [5.74, 6) is 6.49. The Balaban J connectivity index is 2.87. The molecule has 0 saturated heterocycles. The Bertz CT molecular complexity index is 522. The summed E-state index contributed by atoms with van der Waals surface area (Å²) in [5, 5.41) is 0. The Hall–Kier alpha value is -1.96. The van der Waals surface area contributed by atoms with Gasteiger partial charge in [0.2, 0.25) is 0 Å². The second-order valence-electron chi connectivity index (χ2n) is 4.72. The first kappa shape index (κ1) is 15.1. The van der Waals surface area contributed by atoms with Crippen LogP contribution >= 0.6 is 0 Å². The van der Waals surface area contributed by atoms with E-state index < -0.39 is 0 Å². The largest absolute Gasteiger partial charge is 0.122 e. The number of hydrogen-bond acceptors (Lipinski definition) is 0. The van der Waals surface area contributed by atoms with Crippen LogP contribution in [0.15, 0.2) is 59.4 Å². The first-order valence-electron chi connectivity index (χ1n) is 6.88. The minimum absolute atomic E-state index is 1.04. The van der Waals surface area contributed by atoms with E-state index >= 15 is 0 Å². The average molecular weight is 250 g/mol. The van der Waals surface area contributed by atoms with Crippen molar-refractivity contribution in [1.29, 1.82) is 0 Å². The summed E-state index contributed by atoms with van der Waals surface area (Å²) in [6, 6.07) is 10.1. The highest BCUT2D eigenvalue weighted by Gasteiger charge is 1.91. The van der Waals surface area contributed by atoms with E-state index in [4.69, 9.17) is 0 Å². The standard InChI is InChI=1S/C19H22/c1-4-5-11-18(14-9-10-17(2)3)15-16-19-12-7-6-8-13-19/h6-9,12-14H,4-5,11H2,1-3H3/b18-14-. The Morgan fingerprint density at radius 3 is 2.53 bits per heavy atom. The molecule has 0 N–H and O–H groups in total. The second kappa shape index (κ2) is 9.03. The van der Waals surface area contributed by atoms with Gasteiger partial charge in [0.15, 0.2) is 0 Å². The fourth-order valence-electron chi connectivity index (χ4n) is 1.54. The van der Waals surface area contributed by atoms with Crippen LogP contribution in [0, 0.1) is 11.8 Å². The van der Waals surface area contributed by atoms with Gasteiger partial charge < -0.3 is 0 Å². The molecule has 0 fully saturated rings. The topological polar surface area (TPSA) is 0 Å². The molecule has 0 atom stereocenters. The minimum Gasteiger partial charge on any atom is -0.122 e. The van der Waals surface area contributed by atoms with E-state index in [1.165, 1.54) is 24.0 Å². The van der Waals surface area contributed by atoms with Crippen LogP contribution in [0.1, 0.15) is 45.6 Å². The van der Waals surface area contributed by atoms with Crippen molar-refractivity contribution in [2.24, 2.45) is 0 Å². The molecule has 0 saturated carbocycles. The fourth-order valence-corrected chi connectivity index (χ4v) is 1.54. The van der Waals surface area contributed by atoms with Crippen molar-refractivity contribution in [2.45, 2.75) is 40.0 Å². The number of benzene rings is 1. The van der Waals surface area contributed by atoms with Crippen LogP contribution in [0.4, 0.5) is 0 Å². The van der Waals surface area contributed by atoms with Crippen LogP contribution in [-0.2, 0) is 0 Å². The van der Waals surface area contributed by atoms with Gasteiger partial charge in [-0.15, -0.1) is 5.73 Å². The predicted molar refractivity (Wildman–Crippen MR) is 83.9 cm³/mol. The van der Waals surface area contributed by atoms with E-state index in [9.17, 15) is 0 Å². The summed E-state index contributed by atoms with van der Waals surface area (Å²) >= 11 is 0. The molecule has 0 heterocycles. The second-order valence-corrected chi connectivity index (χ2v) is 4.72. The summed E-state index contributed by atoms with van der Waals surface area (Å²) in [7, 11) is 0. The van der Waals surface area contributed by atoms with Gasteiger partial charge in [-0.1, -0.05) is 43.4 Å². The van der Waals surface area contributed by atoms with E-state index in [0.717, 1.165) is 12.0 Å². The molecule has 0 heteroatoms. The van der Waals surface area contributed by atoms with Gasteiger partial charge in [0.05, 0.1) is 0 Å². The van der Waals surface area contributed by atoms with Crippen molar-refractivity contribution < 1.29 is 0 Å². The van der Waals surface area contributed by atoms with Gasteiger partial charge in [0, 0.05) is 11.1 Å². The smallest absolute Gasteiger partial charge is 0.0248 e. The maximum absolute atomic E-state index is 3.28. The lowest BCUT2D eigenvalue weighted by Gasteiger charge is -1.96. The molecule has 1 aromatic rings. The van der Waals surface area contributed by atoms with Crippen LogP contribution in [0.2, 0.25) is 0 Å². The van der Waals surface area contributed by atoms with Gasteiger partial charge in [-0.05, 0) is 56.5 Å². The molecule has 0 aromatic heterocycles. The number of unbranched alkanes of at least 4 members (excludes halogenated alkanes) is 1. The van der Waals surface area contributed by atoms with Gasteiger partial charge in [-0.25, -0.2) is 0 Å². The normalized spacial score (nSPS) is 10.2. The Morgan fingerprint density at radius 1 is 1.16 bits per heavy atom. The van der Waals surface area contributed by atoms with Crippen molar-refractivity contribution in [2.75, 3.05) is 0 Å². The molecule has 98 valence electrons. The summed E-state index contributed by atoms with van der Waals surface area (Å²) in [5.41, 5.74) is 6.63. The summed E-state index contributed by atoms with van der Waals surface area (Å²) < 4.78 is 0. The highest BCUT2D eigenvalue weighted by molar-refractivity contribution is 5.41. The monoisotopic (exact) mass is 250 g/mol. The molecule has 0 spiro atoms. The molecule has 1 rings (SSSR count). The van der Waals surface area contributed by atoms with Crippen LogP contribution in [0.5, 0.6) is 0 Å². The Morgan fingerprint density at radius 2 is 1.89 bits per heavy atom. The van der Waals surface area contributed by atoms with E-state index in [1.807, 2.05) is 50.3 Å². The predicted octanol–water partition coefficient (Wildman–Crippen LogP) is 5.28. The molecule has 0 aliphatic carbocycles. The molecule has 0 bridgehead atoms. The maximum Gasteiger partial charge on any atom is 0.0248 e. The van der Waals surface area contributed by atoms with Crippen LogP contribution < -0.4 is 0 Å². The van der Waals surface area contributed by atoms with Gasteiger partial charge in [-0.3, -0.25) is 0 Å². The van der Waals surface area contributed by atoms with Crippen molar-refractivity contribution >= 4 is 0 Å². The maximum atomic E-state index is 3.28. The third kappa shape index (κ3) is 7.14. The Kier molecular flexibility index (Phi) is 7.18. The van der Waals surface area contributed by atoms with Crippen molar-refractivity contribution in [3.8, 4) is 11.8 Å². The van der Waals surface area contributed by atoms with Gasteiger partial charge >= 0.3 is 0 Å². The molecule has 0 unspecified atom stereocenters. The zero-order valence-corrected chi connectivity index (χ0v) is 12.2. The number of allylic oxidation sites excluding steroid dienone is 3. The first-order chi connectivity index (χ1) is 9.22. The third-order valence-corrected chi connectivity index (χ3v) is 2.60. The SMILES string of the molecule is CCCC/C(C#Cc1ccccc1)=C/C=C=C(C)C. The zero-order chi connectivity index (χ0) is 13.9. The summed E-state index contributed by atoms with van der Waals surface area (Å²) in [6.45, 7) is 6.30. The summed E-state index contributed by atoms with van der Waals surface area (Å²) in [6.07, 6.45) is 7.46. The lowest BCUT2D eigenvalue weighted by molar-refractivity contribution is 0.801. The van der Waals surface area contributed by atoms with E-state index in [0.29, 0.717) is 0 Å². The minimum atomic E-state index is 1.04. The van der Waals surface area contributed by atoms with Gasteiger partial charge in [0.25, 0.3) is 0 Å². The molecule has 0 aliphatic rings. The molecule has 1 aromatic carbocycles. The molecular formula is C19H22. The Labute approximate surface area is 117 Å². The van der Waals surface area contributed by atoms with Gasteiger partial charge in [-0.2, -0.15) is 0 Å². The zero-order valence-electron chi connectivity index (χ0n) is 12.2. The van der Waals surface area contributed by atoms with Crippen molar-refractivity contribution in [3.05, 3.63) is 64.9 Å². The number of rotatable bonds is 4. The molecule has 0 aliphatic heterocycles. The average Bonchev–Trinajstić information content (AvgIpc) is 2.42. The summed E-state index contributed by atoms with van der Waals surface area (Å²) in [4.78, 5) is 0. The van der Waals surface area contributed by atoms with Crippen LogP contribution in [0.3, 0.4) is 0 Å². The van der Waals surface area contributed by atoms with E-state index in [1.54, 1.807) is 0 Å². The lowest BCUT2D eigenvalue weighted by atomic mass is 10.1. The molecule has 0 amide bonds. The van der Waals surface area contributed by atoms with Gasteiger partial charge in [0.1, 0.15) is 0 Å². The molecule has 0 radical (unpaired) electrons. The van der Waals surface area contributed by atoms with E-state index in [2.05, 4.69) is 30.6 Å². The first-order valence-corrected chi connectivity index (χ1v) is 6.88. The lowest BCUT2D eigenvalue weighted by Crippen LogP contribution is -1.80. The third-order valence-electron chi connectivity index (χ3n) is 2.60. The highest BCUT2D eigenvalue weighted by atomic mass is 14.0. The molecule has 0 nitrogen and oxygen atoms in total. The van der Waals surface area contributed by atoms with Crippen molar-refractivity contribution in [1.82, 2.24) is 0 Å². The quantitative estimate of drug-likeness (QED) is 0.387. The van der Waals surface area contributed by atoms with Crippen LogP contribution in [0.25, 0.3) is 0 Å².